The molecule has 3 aromatic rings. The Morgan fingerprint density at radius 3 is 2.68 bits per heavy atom. The number of aromatic nitrogens is 2. The number of ketones is 1. The summed E-state index contributed by atoms with van der Waals surface area (Å²) in [6.45, 7) is 5.03. The zero-order valence-corrected chi connectivity index (χ0v) is 19.3. The molecule has 2 aliphatic rings. The fraction of sp³-hybridized carbons (Fsp3) is 0.296. The number of aliphatic hydroxyl groups is 1. The van der Waals surface area contributed by atoms with Crippen LogP contribution in [0.3, 0.4) is 0 Å². The summed E-state index contributed by atoms with van der Waals surface area (Å²) in [6, 6.07) is 12.5. The van der Waals surface area contributed by atoms with E-state index in [-0.39, 0.29) is 17.4 Å². The summed E-state index contributed by atoms with van der Waals surface area (Å²) in [7, 11) is 0. The van der Waals surface area contributed by atoms with Crippen molar-refractivity contribution in [2.45, 2.75) is 45.4 Å². The van der Waals surface area contributed by atoms with Crippen molar-refractivity contribution in [2.75, 3.05) is 6.54 Å². The molecule has 0 aliphatic carbocycles. The Morgan fingerprint density at radius 1 is 1.15 bits per heavy atom. The number of fused-ring (bicyclic) bond motifs is 1. The molecule has 0 radical (unpaired) electrons. The number of rotatable bonds is 6. The molecule has 1 saturated heterocycles. The predicted octanol–water partition coefficient (Wildman–Crippen LogP) is 4.03. The lowest BCUT2D eigenvalue weighted by Gasteiger charge is -2.25. The van der Waals surface area contributed by atoms with E-state index >= 15 is 0 Å². The fourth-order valence-electron chi connectivity index (χ4n) is 4.77. The lowest BCUT2D eigenvalue weighted by atomic mass is 9.94. The number of aliphatic hydroxyl groups excluding tert-OH is 1. The maximum atomic E-state index is 13.2. The summed E-state index contributed by atoms with van der Waals surface area (Å²) in [5.74, 6) is -0.603. The molecule has 1 fully saturated rings. The molecule has 1 aromatic heterocycles. The van der Waals surface area contributed by atoms with Crippen molar-refractivity contribution in [2.24, 2.45) is 0 Å². The van der Waals surface area contributed by atoms with E-state index in [2.05, 4.69) is 4.98 Å². The summed E-state index contributed by atoms with van der Waals surface area (Å²) in [6.07, 6.45) is 6.76. The average Bonchev–Trinajstić information content (AvgIpc) is 3.53. The second kappa shape index (κ2) is 8.82. The highest BCUT2D eigenvalue weighted by atomic mass is 16.5. The van der Waals surface area contributed by atoms with Crippen LogP contribution >= 0.6 is 0 Å². The second-order valence-electron chi connectivity index (χ2n) is 9.01. The Balaban J connectivity index is 1.52. The molecule has 7 heteroatoms. The highest BCUT2D eigenvalue weighted by Crippen LogP contribution is 2.40. The monoisotopic (exact) mass is 457 g/mol. The van der Waals surface area contributed by atoms with Gasteiger partial charge in [0.15, 0.2) is 0 Å². The Labute approximate surface area is 198 Å². The van der Waals surface area contributed by atoms with Gasteiger partial charge in [0, 0.05) is 37.5 Å². The van der Waals surface area contributed by atoms with Crippen LogP contribution in [0.1, 0.15) is 41.6 Å². The molecule has 7 nitrogen and oxygen atoms in total. The molecule has 0 saturated carbocycles. The van der Waals surface area contributed by atoms with Crippen LogP contribution in [-0.4, -0.2) is 43.9 Å². The number of aryl methyl sites for hydroxylation is 2. The summed E-state index contributed by atoms with van der Waals surface area (Å²) in [5.41, 5.74) is 3.51. The SMILES string of the molecule is Cc1ccc([C@@H]2C(=C(O)c3ccc4c(c3)C[C@H](C)O4)C(=O)C(=O)N2CCCn2ccnc2)cc1. The van der Waals surface area contributed by atoms with Crippen LogP contribution in [0.25, 0.3) is 5.76 Å². The van der Waals surface area contributed by atoms with Crippen molar-refractivity contribution in [3.63, 3.8) is 0 Å². The van der Waals surface area contributed by atoms with Crippen LogP contribution in [0, 0.1) is 6.92 Å². The van der Waals surface area contributed by atoms with E-state index in [0.29, 0.717) is 25.1 Å². The van der Waals surface area contributed by atoms with Gasteiger partial charge >= 0.3 is 0 Å². The number of benzene rings is 2. The van der Waals surface area contributed by atoms with Crippen molar-refractivity contribution in [3.05, 3.63) is 89.0 Å². The topological polar surface area (TPSA) is 84.7 Å². The van der Waals surface area contributed by atoms with E-state index < -0.39 is 17.7 Å². The zero-order chi connectivity index (χ0) is 23.8. The lowest BCUT2D eigenvalue weighted by molar-refractivity contribution is -0.139. The highest BCUT2D eigenvalue weighted by Gasteiger charge is 2.45. The molecule has 2 aliphatic heterocycles. The average molecular weight is 458 g/mol. The van der Waals surface area contributed by atoms with Gasteiger partial charge < -0.3 is 19.3 Å². The number of nitrogens with zero attached hydrogens (tertiary/aromatic N) is 3. The van der Waals surface area contributed by atoms with Crippen LogP contribution in [0.4, 0.5) is 0 Å². The van der Waals surface area contributed by atoms with Gasteiger partial charge in [-0.2, -0.15) is 0 Å². The van der Waals surface area contributed by atoms with Gasteiger partial charge in [-0.05, 0) is 49.6 Å². The van der Waals surface area contributed by atoms with Gasteiger partial charge in [-0.3, -0.25) is 9.59 Å². The number of amides is 1. The molecule has 5 rings (SSSR count). The molecule has 2 atom stereocenters. The van der Waals surface area contributed by atoms with Gasteiger partial charge in [0.05, 0.1) is 17.9 Å². The molecule has 0 bridgehead atoms. The third-order valence-electron chi connectivity index (χ3n) is 6.48. The molecule has 0 spiro atoms. The Kier molecular flexibility index (Phi) is 5.69. The summed E-state index contributed by atoms with van der Waals surface area (Å²) in [5, 5.41) is 11.3. The number of likely N-dealkylation sites (tertiary alicyclic amines) is 1. The fourth-order valence-corrected chi connectivity index (χ4v) is 4.77. The normalized spacial score (nSPS) is 21.1. The molecule has 0 unspecified atom stereocenters. The van der Waals surface area contributed by atoms with E-state index in [4.69, 9.17) is 4.74 Å². The Morgan fingerprint density at radius 2 is 1.94 bits per heavy atom. The molecule has 1 amide bonds. The third-order valence-corrected chi connectivity index (χ3v) is 6.48. The minimum Gasteiger partial charge on any atom is -0.507 e. The van der Waals surface area contributed by atoms with E-state index in [0.717, 1.165) is 28.9 Å². The standard InChI is InChI=1S/C27H27N3O4/c1-17-4-6-19(7-5-17)24-23(25(31)20-8-9-22-21(15-20)14-18(2)34-22)26(32)27(33)30(24)12-3-11-29-13-10-28-16-29/h4-10,13,15-16,18,24,31H,3,11-12,14H2,1-2H3/t18-,24+/m0/s1. The van der Waals surface area contributed by atoms with E-state index in [9.17, 15) is 14.7 Å². The van der Waals surface area contributed by atoms with Gasteiger partial charge in [0.25, 0.3) is 11.7 Å². The van der Waals surface area contributed by atoms with E-state index in [1.165, 1.54) is 0 Å². The molecular weight excluding hydrogens is 430 g/mol. The number of Topliss-reactive ketones (excluding diaryl/α,β-unsaturated/α-hetero) is 1. The maximum absolute atomic E-state index is 13.2. The first-order valence-electron chi connectivity index (χ1n) is 11.5. The van der Waals surface area contributed by atoms with Crippen molar-refractivity contribution in [1.29, 1.82) is 0 Å². The van der Waals surface area contributed by atoms with Gasteiger partial charge in [-0.1, -0.05) is 29.8 Å². The van der Waals surface area contributed by atoms with Crippen LogP contribution in [-0.2, 0) is 22.6 Å². The van der Waals surface area contributed by atoms with Crippen LogP contribution in [0.15, 0.2) is 66.8 Å². The van der Waals surface area contributed by atoms with Crippen molar-refractivity contribution >= 4 is 17.4 Å². The molecule has 34 heavy (non-hydrogen) atoms. The summed E-state index contributed by atoms with van der Waals surface area (Å²) in [4.78, 5) is 32.0. The summed E-state index contributed by atoms with van der Waals surface area (Å²) < 4.78 is 7.70. The lowest BCUT2D eigenvalue weighted by Crippen LogP contribution is -2.31. The molecule has 3 heterocycles. The Bertz CT molecular complexity index is 1260. The Hall–Kier alpha value is -3.87. The number of hydrogen-bond acceptors (Lipinski definition) is 5. The quantitative estimate of drug-likeness (QED) is 0.343. The van der Waals surface area contributed by atoms with Gasteiger partial charge in [0.2, 0.25) is 0 Å². The van der Waals surface area contributed by atoms with Gasteiger partial charge in [-0.15, -0.1) is 0 Å². The molecule has 174 valence electrons. The van der Waals surface area contributed by atoms with Crippen LogP contribution in [0.2, 0.25) is 0 Å². The minimum absolute atomic E-state index is 0.0704. The number of carbonyl (C=O) groups is 2. The number of hydrogen-bond donors (Lipinski definition) is 1. The van der Waals surface area contributed by atoms with Crippen LogP contribution in [0.5, 0.6) is 5.75 Å². The van der Waals surface area contributed by atoms with Crippen molar-refractivity contribution < 1.29 is 19.4 Å². The molecule has 2 aromatic carbocycles. The van der Waals surface area contributed by atoms with Crippen molar-refractivity contribution in [3.8, 4) is 5.75 Å². The first-order valence-corrected chi connectivity index (χ1v) is 11.5. The number of ether oxygens (including phenoxy) is 1. The van der Waals surface area contributed by atoms with Crippen molar-refractivity contribution in [1.82, 2.24) is 14.5 Å². The largest absolute Gasteiger partial charge is 0.507 e. The maximum Gasteiger partial charge on any atom is 0.295 e. The molecule has 1 N–H and O–H groups in total. The van der Waals surface area contributed by atoms with Gasteiger partial charge in [-0.25, -0.2) is 4.98 Å². The van der Waals surface area contributed by atoms with E-state index in [1.807, 2.05) is 61.0 Å². The smallest absolute Gasteiger partial charge is 0.295 e. The third kappa shape index (κ3) is 3.98. The highest BCUT2D eigenvalue weighted by molar-refractivity contribution is 6.46. The van der Waals surface area contributed by atoms with Crippen LogP contribution < -0.4 is 4.74 Å². The predicted molar refractivity (Wildman–Crippen MR) is 127 cm³/mol. The number of imidazole rings is 1. The van der Waals surface area contributed by atoms with E-state index in [1.54, 1.807) is 23.5 Å². The summed E-state index contributed by atoms with van der Waals surface area (Å²) >= 11 is 0. The van der Waals surface area contributed by atoms with Gasteiger partial charge in [0.1, 0.15) is 17.6 Å². The number of carbonyl (C=O) groups excluding carboxylic acids is 2. The first kappa shape index (κ1) is 21.9. The second-order valence-corrected chi connectivity index (χ2v) is 9.01. The zero-order valence-electron chi connectivity index (χ0n) is 19.3. The minimum atomic E-state index is -0.657. The first-order chi connectivity index (χ1) is 16.4. The molecular formula is C27H27N3O4.